The molecule has 0 bridgehead atoms. The summed E-state index contributed by atoms with van der Waals surface area (Å²) in [6, 6.07) is 10.8. The minimum Gasteiger partial charge on any atom is -0.497 e. The van der Waals surface area contributed by atoms with Crippen LogP contribution in [-0.2, 0) is 14.8 Å². The third-order valence-electron chi connectivity index (χ3n) is 4.15. The number of carbonyl (C=O) groups is 1. The summed E-state index contributed by atoms with van der Waals surface area (Å²) >= 11 is 0. The lowest BCUT2D eigenvalue weighted by molar-refractivity contribution is -0.120. The zero-order valence-corrected chi connectivity index (χ0v) is 17.7. The van der Waals surface area contributed by atoms with Crippen LogP contribution in [0.3, 0.4) is 0 Å². The Hall–Kier alpha value is -2.78. The van der Waals surface area contributed by atoms with E-state index in [9.17, 15) is 13.2 Å². The largest absolute Gasteiger partial charge is 0.497 e. The highest BCUT2D eigenvalue weighted by atomic mass is 32.2. The van der Waals surface area contributed by atoms with Gasteiger partial charge in [0.2, 0.25) is 15.9 Å². The summed E-state index contributed by atoms with van der Waals surface area (Å²) < 4.78 is 42.9. The first-order valence-electron chi connectivity index (χ1n) is 9.04. The Labute approximate surface area is 171 Å². The predicted octanol–water partition coefficient (Wildman–Crippen LogP) is 2.26. The predicted molar refractivity (Wildman–Crippen MR) is 109 cm³/mol. The molecule has 0 aliphatic rings. The first kappa shape index (κ1) is 22.5. The Morgan fingerprint density at radius 2 is 1.69 bits per heavy atom. The third kappa shape index (κ3) is 6.10. The number of sulfonamides is 1. The maximum atomic E-state index is 12.4. The van der Waals surface area contributed by atoms with Gasteiger partial charge in [-0.25, -0.2) is 13.1 Å². The van der Waals surface area contributed by atoms with Crippen LogP contribution in [0.2, 0.25) is 0 Å². The van der Waals surface area contributed by atoms with Crippen molar-refractivity contribution in [3.05, 3.63) is 48.0 Å². The van der Waals surface area contributed by atoms with Crippen LogP contribution in [-0.4, -0.2) is 41.7 Å². The molecule has 29 heavy (non-hydrogen) atoms. The van der Waals surface area contributed by atoms with Gasteiger partial charge >= 0.3 is 0 Å². The molecule has 0 heterocycles. The molecule has 8 nitrogen and oxygen atoms in total. The highest BCUT2D eigenvalue weighted by molar-refractivity contribution is 7.89. The molecule has 0 saturated heterocycles. The molecule has 0 unspecified atom stereocenters. The molecule has 1 amide bonds. The molecule has 0 fully saturated rings. The smallest absolute Gasteiger partial charge is 0.241 e. The summed E-state index contributed by atoms with van der Waals surface area (Å²) in [5.74, 6) is 1.31. The number of ether oxygens (including phenoxy) is 3. The van der Waals surface area contributed by atoms with Crippen LogP contribution >= 0.6 is 0 Å². The van der Waals surface area contributed by atoms with Crippen LogP contribution in [0.25, 0.3) is 0 Å². The van der Waals surface area contributed by atoms with Gasteiger partial charge in [0.1, 0.15) is 17.2 Å². The number of methoxy groups -OCH3 is 2. The lowest BCUT2D eigenvalue weighted by Crippen LogP contribution is -2.38. The summed E-state index contributed by atoms with van der Waals surface area (Å²) in [5, 5.41) is 2.75. The van der Waals surface area contributed by atoms with E-state index >= 15 is 0 Å². The van der Waals surface area contributed by atoms with Gasteiger partial charge in [0.15, 0.2) is 0 Å². The maximum absolute atomic E-state index is 12.4. The average Bonchev–Trinajstić information content (AvgIpc) is 2.72. The molecular formula is C20H26N2O6S. The lowest BCUT2D eigenvalue weighted by atomic mass is 10.1. The molecule has 0 spiro atoms. The number of carbonyl (C=O) groups excluding carboxylic acids is 1. The molecule has 0 aromatic heterocycles. The van der Waals surface area contributed by atoms with Crippen LogP contribution in [0, 0.1) is 0 Å². The van der Waals surface area contributed by atoms with Gasteiger partial charge in [0.25, 0.3) is 0 Å². The van der Waals surface area contributed by atoms with Crippen LogP contribution in [0.4, 0.5) is 0 Å². The van der Waals surface area contributed by atoms with E-state index in [4.69, 9.17) is 14.2 Å². The molecular weight excluding hydrogens is 396 g/mol. The van der Waals surface area contributed by atoms with Crippen molar-refractivity contribution < 1.29 is 27.4 Å². The van der Waals surface area contributed by atoms with Gasteiger partial charge in [-0.05, 0) is 56.3 Å². The topological polar surface area (TPSA) is 103 Å². The third-order valence-corrected chi connectivity index (χ3v) is 5.57. The Bertz CT molecular complexity index is 928. The lowest BCUT2D eigenvalue weighted by Gasteiger charge is -2.18. The van der Waals surface area contributed by atoms with Gasteiger partial charge in [-0.15, -0.1) is 0 Å². The fourth-order valence-electron chi connectivity index (χ4n) is 2.67. The second-order valence-electron chi connectivity index (χ2n) is 6.13. The van der Waals surface area contributed by atoms with Crippen molar-refractivity contribution >= 4 is 15.9 Å². The van der Waals surface area contributed by atoms with E-state index < -0.39 is 28.5 Å². The van der Waals surface area contributed by atoms with Crippen molar-refractivity contribution in [3.63, 3.8) is 0 Å². The summed E-state index contributed by atoms with van der Waals surface area (Å²) in [6.07, 6.45) is 0. The first-order chi connectivity index (χ1) is 13.8. The van der Waals surface area contributed by atoms with Crippen LogP contribution in [0.15, 0.2) is 47.4 Å². The zero-order valence-electron chi connectivity index (χ0n) is 16.9. The second-order valence-corrected chi connectivity index (χ2v) is 7.89. The van der Waals surface area contributed by atoms with Crippen molar-refractivity contribution in [2.75, 3.05) is 27.4 Å². The quantitative estimate of drug-likeness (QED) is 0.609. The van der Waals surface area contributed by atoms with E-state index in [1.165, 1.54) is 19.2 Å². The molecule has 158 valence electrons. The van der Waals surface area contributed by atoms with Crippen molar-refractivity contribution in [2.45, 2.75) is 24.8 Å². The van der Waals surface area contributed by atoms with Gasteiger partial charge in [-0.2, -0.15) is 0 Å². The van der Waals surface area contributed by atoms with E-state index in [0.29, 0.717) is 23.9 Å². The SMILES string of the molecule is CCOc1ccc(S(=O)(=O)NCC(=O)N[C@@H](C)c2cc(OC)ccc2OC)cc1. The molecule has 0 saturated carbocycles. The molecule has 2 aromatic carbocycles. The second kappa shape index (κ2) is 10.1. The van der Waals surface area contributed by atoms with Gasteiger partial charge < -0.3 is 19.5 Å². The number of hydrogen-bond donors (Lipinski definition) is 2. The molecule has 2 aromatic rings. The molecule has 1 atom stereocenters. The number of benzene rings is 2. The minimum absolute atomic E-state index is 0.0521. The normalized spacial score (nSPS) is 12.1. The van der Waals surface area contributed by atoms with Gasteiger partial charge in [0.05, 0.1) is 38.3 Å². The maximum Gasteiger partial charge on any atom is 0.241 e. The molecule has 2 N–H and O–H groups in total. The summed E-state index contributed by atoms with van der Waals surface area (Å²) in [5.41, 5.74) is 0.717. The van der Waals surface area contributed by atoms with E-state index in [1.807, 2.05) is 6.92 Å². The van der Waals surface area contributed by atoms with Crippen LogP contribution in [0.5, 0.6) is 17.2 Å². The van der Waals surface area contributed by atoms with Crippen molar-refractivity contribution in [2.24, 2.45) is 0 Å². The number of rotatable bonds is 10. The van der Waals surface area contributed by atoms with Crippen molar-refractivity contribution in [1.82, 2.24) is 10.0 Å². The first-order valence-corrected chi connectivity index (χ1v) is 10.5. The summed E-state index contributed by atoms with van der Waals surface area (Å²) in [4.78, 5) is 12.3. The Morgan fingerprint density at radius 1 is 1.03 bits per heavy atom. The van der Waals surface area contributed by atoms with Gasteiger partial charge in [-0.1, -0.05) is 0 Å². The highest BCUT2D eigenvalue weighted by Crippen LogP contribution is 2.29. The van der Waals surface area contributed by atoms with E-state index in [2.05, 4.69) is 10.0 Å². The van der Waals surface area contributed by atoms with Crippen LogP contribution in [0.1, 0.15) is 25.5 Å². The number of hydrogen-bond acceptors (Lipinski definition) is 6. The molecule has 0 aliphatic carbocycles. The van der Waals surface area contributed by atoms with Gasteiger partial charge in [-0.3, -0.25) is 4.79 Å². The number of amides is 1. The van der Waals surface area contributed by atoms with Crippen molar-refractivity contribution in [1.29, 1.82) is 0 Å². The molecule has 0 aliphatic heterocycles. The van der Waals surface area contributed by atoms with Crippen LogP contribution < -0.4 is 24.2 Å². The van der Waals surface area contributed by atoms with E-state index in [0.717, 1.165) is 5.56 Å². The Balaban J connectivity index is 2.00. The minimum atomic E-state index is -3.82. The fraction of sp³-hybridized carbons (Fsp3) is 0.350. The monoisotopic (exact) mass is 422 g/mol. The van der Waals surface area contributed by atoms with E-state index in [-0.39, 0.29) is 4.90 Å². The molecule has 0 radical (unpaired) electrons. The van der Waals surface area contributed by atoms with Gasteiger partial charge in [0, 0.05) is 5.56 Å². The molecule has 9 heteroatoms. The fourth-order valence-corrected chi connectivity index (χ4v) is 3.66. The van der Waals surface area contributed by atoms with E-state index in [1.54, 1.807) is 44.4 Å². The summed E-state index contributed by atoms with van der Waals surface area (Å²) in [6.45, 7) is 3.70. The summed E-state index contributed by atoms with van der Waals surface area (Å²) in [7, 11) is -0.743. The highest BCUT2D eigenvalue weighted by Gasteiger charge is 2.18. The average molecular weight is 423 g/mol. The number of nitrogens with one attached hydrogen (secondary N) is 2. The standard InChI is InChI=1S/C20H26N2O6S/c1-5-28-15-6-9-17(10-7-15)29(24,25)21-13-20(23)22-14(2)18-12-16(26-3)8-11-19(18)27-4/h6-12,14,21H,5,13H2,1-4H3,(H,22,23)/t14-/m0/s1. The van der Waals surface area contributed by atoms with Crippen molar-refractivity contribution in [3.8, 4) is 17.2 Å². The Kier molecular flexibility index (Phi) is 7.86. The Morgan fingerprint density at radius 3 is 2.28 bits per heavy atom. The molecule has 2 rings (SSSR count). The zero-order chi connectivity index (χ0) is 21.4.